The lowest BCUT2D eigenvalue weighted by molar-refractivity contribution is -0.129. The second-order valence-electron chi connectivity index (χ2n) is 9.05. The second kappa shape index (κ2) is 10.7. The second-order valence-corrected chi connectivity index (χ2v) is 9.05. The minimum atomic E-state index is -0.0690. The molecule has 1 saturated heterocycles. The number of rotatable bonds is 8. The van der Waals surface area contributed by atoms with Crippen LogP contribution >= 0.6 is 0 Å². The van der Waals surface area contributed by atoms with Gasteiger partial charge in [0.1, 0.15) is 11.4 Å². The van der Waals surface area contributed by atoms with Crippen LogP contribution in [0, 0.1) is 5.41 Å². The van der Waals surface area contributed by atoms with Crippen LogP contribution in [0.4, 0.5) is 17.5 Å². The van der Waals surface area contributed by atoms with Gasteiger partial charge in [-0.05, 0) is 38.0 Å². The van der Waals surface area contributed by atoms with Crippen molar-refractivity contribution in [1.29, 1.82) is 5.41 Å². The molecule has 9 heteroatoms. The van der Waals surface area contributed by atoms with Gasteiger partial charge in [0.25, 0.3) is 0 Å². The van der Waals surface area contributed by atoms with Crippen LogP contribution in [0.25, 0.3) is 10.9 Å². The number of nitrogens with one attached hydrogen (secondary N) is 3. The molecule has 35 heavy (non-hydrogen) atoms. The van der Waals surface area contributed by atoms with Gasteiger partial charge >= 0.3 is 0 Å². The summed E-state index contributed by atoms with van der Waals surface area (Å²) in [7, 11) is 0. The molecule has 1 aliphatic heterocycles. The number of pyridine rings is 1. The molecule has 0 unspecified atom stereocenters. The van der Waals surface area contributed by atoms with Crippen molar-refractivity contribution in [2.24, 2.45) is 0 Å². The molecule has 2 aromatic heterocycles. The Balaban J connectivity index is 1.67. The van der Waals surface area contributed by atoms with Gasteiger partial charge < -0.3 is 25.8 Å². The van der Waals surface area contributed by atoms with Gasteiger partial charge in [0.2, 0.25) is 11.9 Å². The summed E-state index contributed by atoms with van der Waals surface area (Å²) in [6.45, 7) is 10.5. The fraction of sp³-hybridized carbons (Fsp3) is 0.423. The first-order chi connectivity index (χ1) is 16.9. The summed E-state index contributed by atoms with van der Waals surface area (Å²) in [6, 6.07) is 10.3. The molecule has 2 atom stereocenters. The summed E-state index contributed by atoms with van der Waals surface area (Å²) in [4.78, 5) is 29.9. The Kier molecular flexibility index (Phi) is 7.43. The average molecular weight is 475 g/mol. The van der Waals surface area contributed by atoms with Crippen LogP contribution in [-0.4, -0.2) is 64.2 Å². The third kappa shape index (κ3) is 5.50. The Labute approximate surface area is 206 Å². The third-order valence-corrected chi connectivity index (χ3v) is 6.54. The van der Waals surface area contributed by atoms with Crippen molar-refractivity contribution in [2.45, 2.75) is 46.2 Å². The maximum atomic E-state index is 11.7. The molecule has 1 aromatic carbocycles. The van der Waals surface area contributed by atoms with E-state index in [4.69, 9.17) is 15.4 Å². The number of carbonyl (C=O) groups is 1. The van der Waals surface area contributed by atoms with Gasteiger partial charge in [-0.25, -0.2) is 4.98 Å². The van der Waals surface area contributed by atoms with Crippen molar-refractivity contribution in [1.82, 2.24) is 19.9 Å². The van der Waals surface area contributed by atoms with Crippen LogP contribution in [0.3, 0.4) is 0 Å². The van der Waals surface area contributed by atoms with Gasteiger partial charge in [0.15, 0.2) is 5.82 Å². The monoisotopic (exact) mass is 474 g/mol. The van der Waals surface area contributed by atoms with E-state index in [-0.39, 0.29) is 18.0 Å². The normalized spacial score (nSPS) is 15.5. The number of para-hydroxylation sites is 1. The van der Waals surface area contributed by atoms with Crippen molar-refractivity contribution in [3.8, 4) is 0 Å². The number of hydrogen-bond donors (Lipinski definition) is 3. The number of nitrogens with zero attached hydrogens (tertiary/aromatic N) is 5. The van der Waals surface area contributed by atoms with Crippen LogP contribution in [0.15, 0.2) is 36.5 Å². The molecule has 184 valence electrons. The number of benzene rings is 1. The maximum Gasteiger partial charge on any atom is 0.228 e. The summed E-state index contributed by atoms with van der Waals surface area (Å²) in [6.07, 6.45) is 4.09. The zero-order chi connectivity index (χ0) is 24.9. The largest absolute Gasteiger partial charge is 0.378 e. The molecule has 1 fully saturated rings. The number of piperazine rings is 1. The fourth-order valence-electron chi connectivity index (χ4n) is 4.14. The molecule has 9 nitrogen and oxygen atoms in total. The predicted molar refractivity (Wildman–Crippen MR) is 142 cm³/mol. The summed E-state index contributed by atoms with van der Waals surface area (Å²) in [5.41, 5.74) is 3.27. The quantitative estimate of drug-likeness (QED) is 0.422. The van der Waals surface area contributed by atoms with Crippen LogP contribution in [0.2, 0.25) is 0 Å². The van der Waals surface area contributed by atoms with Gasteiger partial charge in [-0.3, -0.25) is 9.78 Å². The lowest BCUT2D eigenvalue weighted by atomic mass is 10.1. The topological polar surface area (TPSA) is 110 Å². The third-order valence-electron chi connectivity index (χ3n) is 6.54. The zero-order valence-electron chi connectivity index (χ0n) is 20.9. The van der Waals surface area contributed by atoms with Gasteiger partial charge in [-0.15, -0.1) is 0 Å². The van der Waals surface area contributed by atoms with Gasteiger partial charge in [-0.2, -0.15) is 4.98 Å². The van der Waals surface area contributed by atoms with Crippen LogP contribution in [0.1, 0.15) is 51.4 Å². The number of anilines is 3. The van der Waals surface area contributed by atoms with E-state index in [1.165, 1.54) is 6.21 Å². The highest BCUT2D eigenvalue weighted by atomic mass is 16.2. The van der Waals surface area contributed by atoms with Crippen LogP contribution < -0.4 is 15.5 Å². The highest BCUT2D eigenvalue weighted by Gasteiger charge is 2.24. The van der Waals surface area contributed by atoms with E-state index in [1.54, 1.807) is 6.92 Å². The molecular formula is C26H34N8O. The van der Waals surface area contributed by atoms with Crippen molar-refractivity contribution in [3.05, 3.63) is 47.8 Å². The van der Waals surface area contributed by atoms with E-state index in [2.05, 4.69) is 53.4 Å². The summed E-state index contributed by atoms with van der Waals surface area (Å²) in [5, 5.41) is 16.2. The first-order valence-electron chi connectivity index (χ1n) is 12.2. The molecule has 1 amide bonds. The minimum absolute atomic E-state index is 0.0690. The Morgan fingerprint density at radius 3 is 2.57 bits per heavy atom. The Hall–Kier alpha value is -3.75. The first-order valence-corrected chi connectivity index (χ1v) is 12.2. The Morgan fingerprint density at radius 2 is 1.89 bits per heavy atom. The molecule has 0 radical (unpaired) electrons. The molecular weight excluding hydrogens is 440 g/mol. The van der Waals surface area contributed by atoms with E-state index in [9.17, 15) is 4.79 Å². The molecule has 3 N–H and O–H groups in total. The lowest BCUT2D eigenvalue weighted by Crippen LogP contribution is -2.48. The molecule has 1 aliphatic rings. The van der Waals surface area contributed by atoms with Crippen molar-refractivity contribution < 1.29 is 4.79 Å². The summed E-state index contributed by atoms with van der Waals surface area (Å²) in [5.74, 6) is 1.30. The molecule has 4 rings (SSSR count). The molecule has 0 saturated carbocycles. The molecule has 0 bridgehead atoms. The smallest absolute Gasteiger partial charge is 0.228 e. The fourth-order valence-corrected chi connectivity index (χ4v) is 4.14. The highest BCUT2D eigenvalue weighted by Crippen LogP contribution is 2.30. The Morgan fingerprint density at radius 1 is 1.14 bits per heavy atom. The van der Waals surface area contributed by atoms with Crippen LogP contribution in [-0.2, 0) is 4.79 Å². The number of carbonyl (C=O) groups excluding carboxylic acids is 1. The molecule has 0 aliphatic carbocycles. The van der Waals surface area contributed by atoms with E-state index < -0.39 is 0 Å². The minimum Gasteiger partial charge on any atom is -0.378 e. The van der Waals surface area contributed by atoms with Crippen molar-refractivity contribution in [3.63, 3.8) is 0 Å². The van der Waals surface area contributed by atoms with Gasteiger partial charge in [0, 0.05) is 56.9 Å². The zero-order valence-corrected chi connectivity index (χ0v) is 20.9. The maximum absolute atomic E-state index is 11.7. The van der Waals surface area contributed by atoms with Crippen molar-refractivity contribution in [2.75, 3.05) is 41.7 Å². The Bertz CT molecular complexity index is 1210. The standard InChI is InChI=1S/C26H34N8O/c1-5-17(2)29-24-23(15-27)31-26(34-12-10-33(11-13-34)19(4)35)32-25(24)30-18(3)21-14-20-8-6-7-9-22(20)28-16-21/h6-9,14-18,27,29H,5,10-13H2,1-4H3,(H,30,31,32)/t17-,18+/m0/s1. The average Bonchev–Trinajstić information content (AvgIpc) is 2.89. The predicted octanol–water partition coefficient (Wildman–Crippen LogP) is 4.07. The van der Waals surface area contributed by atoms with Crippen LogP contribution in [0.5, 0.6) is 0 Å². The van der Waals surface area contributed by atoms with Crippen molar-refractivity contribution >= 4 is 40.5 Å². The van der Waals surface area contributed by atoms with Gasteiger partial charge in [-0.1, -0.05) is 25.1 Å². The van der Waals surface area contributed by atoms with E-state index in [0.29, 0.717) is 43.6 Å². The first kappa shape index (κ1) is 24.4. The number of fused-ring (bicyclic) bond motifs is 1. The van der Waals surface area contributed by atoms with Gasteiger partial charge in [0.05, 0.1) is 11.6 Å². The summed E-state index contributed by atoms with van der Waals surface area (Å²) >= 11 is 0. The highest BCUT2D eigenvalue weighted by molar-refractivity contribution is 5.89. The molecule has 0 spiro atoms. The van der Waals surface area contributed by atoms with E-state index in [0.717, 1.165) is 28.6 Å². The molecule has 3 aromatic rings. The SMILES string of the molecule is CC[C@H](C)Nc1c(C=N)nc(N2CCN(C(C)=O)CC2)nc1N[C@H](C)c1cnc2ccccc2c1. The number of aromatic nitrogens is 3. The lowest BCUT2D eigenvalue weighted by Gasteiger charge is -2.34. The number of amides is 1. The van der Waals surface area contributed by atoms with E-state index in [1.807, 2.05) is 29.3 Å². The number of hydrogen-bond acceptors (Lipinski definition) is 8. The summed E-state index contributed by atoms with van der Waals surface area (Å²) < 4.78 is 0. The van der Waals surface area contributed by atoms with E-state index >= 15 is 0 Å². The molecule has 3 heterocycles.